The lowest BCUT2D eigenvalue weighted by atomic mass is 10.1. The fourth-order valence-corrected chi connectivity index (χ4v) is 2.23. The van der Waals surface area contributed by atoms with Gasteiger partial charge in [0.2, 0.25) is 0 Å². The summed E-state index contributed by atoms with van der Waals surface area (Å²) in [6.45, 7) is 0. The van der Waals surface area contributed by atoms with Gasteiger partial charge in [0.15, 0.2) is 5.71 Å². The van der Waals surface area contributed by atoms with E-state index in [1.807, 2.05) is 0 Å². The number of halogens is 3. The molecule has 0 spiro atoms. The number of nitrogens with one attached hydrogen (secondary N) is 2. The molecule has 0 atom stereocenters. The zero-order chi connectivity index (χ0) is 20.9. The number of amides is 1. The van der Waals surface area contributed by atoms with Gasteiger partial charge in [-0.1, -0.05) is 0 Å². The van der Waals surface area contributed by atoms with E-state index in [2.05, 4.69) is 15.8 Å². The molecule has 0 saturated carbocycles. The van der Waals surface area contributed by atoms with Gasteiger partial charge in [0.1, 0.15) is 5.75 Å². The number of alkyl halides is 3. The average molecular weight is 397 g/mol. The standard InChI is InChI=1S/C16H12F3N3O2.CH2O3/c1-24-11-6-7-12-13(8-11)20-15(23)14(12)22-21-10-4-2-9(3-5-10)16(17,18)19;2-1(3)4/h2-8,21H,1H3,(H,20,22,23);(H2,2,3,4). The van der Waals surface area contributed by atoms with Crippen molar-refractivity contribution in [3.8, 4) is 5.75 Å². The predicted molar refractivity (Wildman–Crippen MR) is 93.9 cm³/mol. The molecule has 1 heterocycles. The number of benzene rings is 2. The van der Waals surface area contributed by atoms with E-state index in [1.165, 1.54) is 19.2 Å². The highest BCUT2D eigenvalue weighted by Gasteiger charge is 2.30. The summed E-state index contributed by atoms with van der Waals surface area (Å²) in [6.07, 6.45) is -6.23. The number of hydrogen-bond acceptors (Lipinski definition) is 5. The van der Waals surface area contributed by atoms with Crippen LogP contribution in [0.1, 0.15) is 11.1 Å². The van der Waals surface area contributed by atoms with Crippen molar-refractivity contribution in [1.29, 1.82) is 0 Å². The highest BCUT2D eigenvalue weighted by atomic mass is 19.4. The summed E-state index contributed by atoms with van der Waals surface area (Å²) in [5.41, 5.74) is 3.47. The van der Waals surface area contributed by atoms with Gasteiger partial charge >= 0.3 is 12.3 Å². The molecule has 0 aliphatic carbocycles. The summed E-state index contributed by atoms with van der Waals surface area (Å²) >= 11 is 0. The maximum atomic E-state index is 12.5. The van der Waals surface area contributed by atoms with Gasteiger partial charge in [0.25, 0.3) is 5.91 Å². The molecule has 0 aromatic heterocycles. The van der Waals surface area contributed by atoms with Gasteiger partial charge in [0, 0.05) is 11.6 Å². The van der Waals surface area contributed by atoms with Crippen LogP contribution < -0.4 is 15.5 Å². The number of hydrogen-bond donors (Lipinski definition) is 4. The molecule has 0 unspecified atom stereocenters. The average Bonchev–Trinajstić information content (AvgIpc) is 2.93. The number of carboxylic acid groups (broad SMARTS) is 2. The molecule has 2 aromatic rings. The smallest absolute Gasteiger partial charge is 0.497 e. The molecule has 3 rings (SSSR count). The van der Waals surface area contributed by atoms with Crippen LogP contribution in [0, 0.1) is 0 Å². The summed E-state index contributed by atoms with van der Waals surface area (Å²) in [4.78, 5) is 20.5. The first-order chi connectivity index (χ1) is 13.1. The second-order valence-corrected chi connectivity index (χ2v) is 5.30. The second-order valence-electron chi connectivity index (χ2n) is 5.30. The van der Waals surface area contributed by atoms with Crippen LogP contribution in [0.5, 0.6) is 5.75 Å². The highest BCUT2D eigenvalue weighted by molar-refractivity contribution is 6.53. The van der Waals surface area contributed by atoms with E-state index < -0.39 is 23.8 Å². The first-order valence-electron chi connectivity index (χ1n) is 7.54. The van der Waals surface area contributed by atoms with E-state index in [1.54, 1.807) is 18.2 Å². The number of anilines is 2. The van der Waals surface area contributed by atoms with Crippen LogP contribution in [0.4, 0.5) is 29.3 Å². The number of carbonyl (C=O) groups is 2. The third-order valence-corrected chi connectivity index (χ3v) is 3.45. The van der Waals surface area contributed by atoms with E-state index in [4.69, 9.17) is 19.7 Å². The van der Waals surface area contributed by atoms with Crippen molar-refractivity contribution in [1.82, 2.24) is 0 Å². The molecular weight excluding hydrogens is 383 g/mol. The van der Waals surface area contributed by atoms with Crippen LogP contribution in [0.25, 0.3) is 0 Å². The zero-order valence-corrected chi connectivity index (χ0v) is 14.2. The SMILES string of the molecule is COc1ccc2c(c1)NC(=O)/C2=N\Nc1ccc(C(F)(F)F)cc1.O=C(O)O. The van der Waals surface area contributed by atoms with E-state index in [0.717, 1.165) is 12.1 Å². The maximum absolute atomic E-state index is 12.5. The largest absolute Gasteiger partial charge is 0.503 e. The number of carbonyl (C=O) groups excluding carboxylic acids is 1. The van der Waals surface area contributed by atoms with Crippen molar-refractivity contribution in [3.63, 3.8) is 0 Å². The van der Waals surface area contributed by atoms with E-state index in [0.29, 0.717) is 22.7 Å². The molecule has 2 aromatic carbocycles. The van der Waals surface area contributed by atoms with Crippen LogP contribution in [0.15, 0.2) is 47.6 Å². The Kier molecular flexibility index (Phi) is 6.08. The monoisotopic (exact) mass is 397 g/mol. The van der Waals surface area contributed by atoms with Gasteiger partial charge in [-0.2, -0.15) is 18.3 Å². The molecule has 4 N–H and O–H groups in total. The Labute approximate surface area is 156 Å². The minimum absolute atomic E-state index is 0.146. The zero-order valence-electron chi connectivity index (χ0n) is 14.2. The van der Waals surface area contributed by atoms with Crippen molar-refractivity contribution in [2.45, 2.75) is 6.18 Å². The number of hydrazone groups is 1. The molecular formula is C17H14F3N3O5. The fraction of sp³-hybridized carbons (Fsp3) is 0.118. The highest BCUT2D eigenvalue weighted by Crippen LogP contribution is 2.30. The van der Waals surface area contributed by atoms with Crippen molar-refractivity contribution in [2.24, 2.45) is 5.10 Å². The second kappa shape index (κ2) is 8.29. The predicted octanol–water partition coefficient (Wildman–Crippen LogP) is 3.70. The minimum Gasteiger partial charge on any atom is -0.497 e. The molecule has 0 bridgehead atoms. The Morgan fingerprint density at radius 2 is 1.75 bits per heavy atom. The third kappa shape index (κ3) is 5.13. The summed E-state index contributed by atoms with van der Waals surface area (Å²) in [6, 6.07) is 9.40. The normalized spacial score (nSPS) is 13.9. The Balaban J connectivity index is 0.000000640. The van der Waals surface area contributed by atoms with Gasteiger partial charge in [-0.3, -0.25) is 10.2 Å². The lowest BCUT2D eigenvalue weighted by molar-refractivity contribution is -0.137. The number of nitrogens with zero attached hydrogens (tertiary/aromatic N) is 1. The quantitative estimate of drug-likeness (QED) is 0.586. The molecule has 0 saturated heterocycles. The molecule has 1 aliphatic rings. The Morgan fingerprint density at radius 1 is 1.14 bits per heavy atom. The number of ether oxygens (including phenoxy) is 1. The molecule has 11 heteroatoms. The van der Waals surface area contributed by atoms with Crippen LogP contribution >= 0.6 is 0 Å². The summed E-state index contributed by atoms with van der Waals surface area (Å²) < 4.78 is 42.6. The molecule has 148 valence electrons. The lowest BCUT2D eigenvalue weighted by Gasteiger charge is -2.07. The van der Waals surface area contributed by atoms with Crippen molar-refractivity contribution in [2.75, 3.05) is 17.9 Å². The van der Waals surface area contributed by atoms with Crippen LogP contribution in [-0.4, -0.2) is 35.1 Å². The lowest BCUT2D eigenvalue weighted by Crippen LogP contribution is -2.15. The summed E-state index contributed by atoms with van der Waals surface area (Å²) in [7, 11) is 1.51. The van der Waals surface area contributed by atoms with Crippen LogP contribution in [0.2, 0.25) is 0 Å². The Morgan fingerprint density at radius 3 is 2.29 bits per heavy atom. The first-order valence-corrected chi connectivity index (χ1v) is 7.54. The Hall–Kier alpha value is -3.76. The van der Waals surface area contributed by atoms with Gasteiger partial charge in [0.05, 0.1) is 24.0 Å². The van der Waals surface area contributed by atoms with E-state index in [-0.39, 0.29) is 5.71 Å². The van der Waals surface area contributed by atoms with E-state index >= 15 is 0 Å². The van der Waals surface area contributed by atoms with Gasteiger partial charge in [-0.05, 0) is 36.4 Å². The van der Waals surface area contributed by atoms with Gasteiger partial charge < -0.3 is 20.3 Å². The molecule has 1 amide bonds. The minimum atomic E-state index is -4.40. The van der Waals surface area contributed by atoms with Crippen molar-refractivity contribution in [3.05, 3.63) is 53.6 Å². The van der Waals surface area contributed by atoms with E-state index in [9.17, 15) is 18.0 Å². The summed E-state index contributed by atoms with van der Waals surface area (Å²) in [5, 5.41) is 20.6. The first kappa shape index (κ1) is 20.6. The molecule has 0 radical (unpaired) electrons. The van der Waals surface area contributed by atoms with Gasteiger partial charge in [-0.25, -0.2) is 4.79 Å². The van der Waals surface area contributed by atoms with Crippen molar-refractivity contribution < 1.29 is 37.7 Å². The molecule has 0 fully saturated rings. The molecule has 28 heavy (non-hydrogen) atoms. The Bertz CT molecular complexity index is 907. The fourth-order valence-electron chi connectivity index (χ4n) is 2.23. The number of fused-ring (bicyclic) bond motifs is 1. The molecule has 1 aliphatic heterocycles. The van der Waals surface area contributed by atoms with Crippen molar-refractivity contribution >= 4 is 29.1 Å². The number of rotatable bonds is 3. The van der Waals surface area contributed by atoms with Crippen LogP contribution in [0.3, 0.4) is 0 Å². The third-order valence-electron chi connectivity index (χ3n) is 3.45. The number of methoxy groups -OCH3 is 1. The molecule has 8 nitrogen and oxygen atoms in total. The van der Waals surface area contributed by atoms with Crippen LogP contribution in [-0.2, 0) is 11.0 Å². The maximum Gasteiger partial charge on any atom is 0.503 e. The van der Waals surface area contributed by atoms with Gasteiger partial charge in [-0.15, -0.1) is 0 Å². The topological polar surface area (TPSA) is 120 Å². The summed E-state index contributed by atoms with van der Waals surface area (Å²) in [5.74, 6) is 0.184.